The molecule has 5 heteroatoms. The fourth-order valence-corrected chi connectivity index (χ4v) is 1.97. The van der Waals surface area contributed by atoms with Gasteiger partial charge in [0.25, 0.3) is 0 Å². The minimum atomic E-state index is -1.43. The van der Waals surface area contributed by atoms with Crippen LogP contribution in [0, 0.1) is 30.2 Å². The molecule has 108 valence electrons. The van der Waals surface area contributed by atoms with E-state index in [-0.39, 0.29) is 0 Å². The van der Waals surface area contributed by atoms with Gasteiger partial charge in [0.15, 0.2) is 23.3 Å². The van der Waals surface area contributed by atoms with Crippen molar-refractivity contribution in [2.45, 2.75) is 6.92 Å². The van der Waals surface area contributed by atoms with E-state index in [1.165, 1.54) is 6.08 Å². The predicted molar refractivity (Wildman–Crippen MR) is 78.2 cm³/mol. The lowest BCUT2D eigenvalue weighted by Crippen LogP contribution is -2.03. The number of benzene rings is 2. The summed E-state index contributed by atoms with van der Waals surface area (Å²) < 4.78 is 54.2. The zero-order chi connectivity index (χ0) is 15.6. The van der Waals surface area contributed by atoms with Crippen LogP contribution in [0.4, 0.5) is 17.6 Å². The van der Waals surface area contributed by atoms with E-state index in [4.69, 9.17) is 12.2 Å². The van der Waals surface area contributed by atoms with Crippen molar-refractivity contribution >= 4 is 23.2 Å². The third-order valence-electron chi connectivity index (χ3n) is 2.98. The van der Waals surface area contributed by atoms with Crippen LogP contribution >= 0.6 is 12.2 Å². The molecule has 0 saturated heterocycles. The predicted octanol–water partition coefficient (Wildman–Crippen LogP) is 4.98. The van der Waals surface area contributed by atoms with E-state index >= 15 is 0 Å². The minimum Gasteiger partial charge on any atom is -0.203 e. The van der Waals surface area contributed by atoms with E-state index in [0.29, 0.717) is 10.4 Å². The SMILES string of the molecule is Cc1c(F)c(F)c(C=CC(=S)c2ccccc2)c(F)c1F. The lowest BCUT2D eigenvalue weighted by Gasteiger charge is -2.06. The zero-order valence-corrected chi connectivity index (χ0v) is 11.8. The van der Waals surface area contributed by atoms with E-state index in [1.54, 1.807) is 30.3 Å². The number of rotatable bonds is 3. The molecule has 0 aromatic heterocycles. The molecule has 0 saturated carbocycles. The second-order valence-corrected chi connectivity index (χ2v) is 4.80. The zero-order valence-electron chi connectivity index (χ0n) is 11.0. The molecule has 0 aliphatic carbocycles. The number of thiocarbonyl (C=S) groups is 1. The van der Waals surface area contributed by atoms with Crippen LogP contribution in [0.2, 0.25) is 0 Å². The Morgan fingerprint density at radius 2 is 1.43 bits per heavy atom. The van der Waals surface area contributed by atoms with Crippen molar-refractivity contribution in [3.05, 3.63) is 76.4 Å². The van der Waals surface area contributed by atoms with Gasteiger partial charge in [0.2, 0.25) is 0 Å². The number of allylic oxidation sites excluding steroid dienone is 1. The summed E-state index contributed by atoms with van der Waals surface area (Å²) in [5.41, 5.74) is -0.806. The van der Waals surface area contributed by atoms with Gasteiger partial charge in [-0.15, -0.1) is 0 Å². The quantitative estimate of drug-likeness (QED) is 0.253. The van der Waals surface area contributed by atoms with Crippen LogP contribution in [0.1, 0.15) is 16.7 Å². The second-order valence-electron chi connectivity index (χ2n) is 4.36. The molecule has 2 aromatic carbocycles. The Morgan fingerprint density at radius 3 is 1.95 bits per heavy atom. The van der Waals surface area contributed by atoms with Gasteiger partial charge in [-0.25, -0.2) is 17.6 Å². The number of hydrogen-bond acceptors (Lipinski definition) is 1. The van der Waals surface area contributed by atoms with Gasteiger partial charge in [0.1, 0.15) is 0 Å². The van der Waals surface area contributed by atoms with E-state index < -0.39 is 34.4 Å². The molecule has 2 aromatic rings. The number of halogens is 4. The molecule has 0 aliphatic rings. The van der Waals surface area contributed by atoms with E-state index in [9.17, 15) is 17.6 Å². The van der Waals surface area contributed by atoms with Crippen molar-refractivity contribution < 1.29 is 17.6 Å². The molecule has 2 rings (SSSR count). The van der Waals surface area contributed by atoms with Gasteiger partial charge < -0.3 is 0 Å². The van der Waals surface area contributed by atoms with Crippen molar-refractivity contribution in [1.29, 1.82) is 0 Å². The smallest absolute Gasteiger partial charge is 0.169 e. The summed E-state index contributed by atoms with van der Waals surface area (Å²) >= 11 is 5.08. The molecular weight excluding hydrogens is 300 g/mol. The molecule has 21 heavy (non-hydrogen) atoms. The molecule has 0 aliphatic heterocycles. The summed E-state index contributed by atoms with van der Waals surface area (Å²) in [6, 6.07) is 8.73. The maximum Gasteiger partial charge on any atom is 0.169 e. The maximum absolute atomic E-state index is 13.7. The molecule has 0 bridgehead atoms. The fraction of sp³-hybridized carbons (Fsp3) is 0.0625. The second kappa shape index (κ2) is 6.18. The third kappa shape index (κ3) is 3.03. The van der Waals surface area contributed by atoms with Gasteiger partial charge in [-0.1, -0.05) is 42.5 Å². The first-order chi connectivity index (χ1) is 9.93. The Hall–Kier alpha value is -2.01. The molecule has 0 unspecified atom stereocenters. The van der Waals surface area contributed by atoms with Crippen LogP contribution in [0.15, 0.2) is 36.4 Å². The highest BCUT2D eigenvalue weighted by Crippen LogP contribution is 2.24. The topological polar surface area (TPSA) is 0 Å². The Morgan fingerprint density at radius 1 is 0.905 bits per heavy atom. The van der Waals surface area contributed by atoms with Crippen LogP contribution in [0.3, 0.4) is 0 Å². The first-order valence-electron chi connectivity index (χ1n) is 6.03. The van der Waals surface area contributed by atoms with Gasteiger partial charge >= 0.3 is 0 Å². The standard InChI is InChI=1S/C16H10F4S/c1-9-13(17)15(19)11(16(20)14(9)18)7-8-12(21)10-5-3-2-4-6-10/h2-8H,1H3. The largest absolute Gasteiger partial charge is 0.203 e. The first-order valence-corrected chi connectivity index (χ1v) is 6.44. The Labute approximate surface area is 124 Å². The average molecular weight is 310 g/mol. The summed E-state index contributed by atoms with van der Waals surface area (Å²) in [5.74, 6) is -5.67. The van der Waals surface area contributed by atoms with Gasteiger partial charge in [0, 0.05) is 10.4 Å². The average Bonchev–Trinajstić information content (AvgIpc) is 2.51. The maximum atomic E-state index is 13.7. The summed E-state index contributed by atoms with van der Waals surface area (Å²) in [7, 11) is 0. The van der Waals surface area contributed by atoms with Crippen molar-refractivity contribution in [2.75, 3.05) is 0 Å². The lowest BCUT2D eigenvalue weighted by atomic mass is 10.1. The highest BCUT2D eigenvalue weighted by Gasteiger charge is 2.21. The molecule has 0 amide bonds. The van der Waals surface area contributed by atoms with E-state index in [1.807, 2.05) is 0 Å². The summed E-state index contributed by atoms with van der Waals surface area (Å²) in [5, 5.41) is 0. The molecular formula is C16H10F4S. The fourth-order valence-electron chi connectivity index (χ4n) is 1.76. The molecule has 0 fully saturated rings. The van der Waals surface area contributed by atoms with Crippen LogP contribution in [0.25, 0.3) is 6.08 Å². The Kier molecular flexibility index (Phi) is 4.53. The van der Waals surface area contributed by atoms with Crippen LogP contribution in [-0.4, -0.2) is 4.86 Å². The van der Waals surface area contributed by atoms with Crippen LogP contribution in [0.5, 0.6) is 0 Å². The Balaban J connectivity index is 2.41. The molecule has 0 heterocycles. The molecule has 0 atom stereocenters. The van der Waals surface area contributed by atoms with Crippen molar-refractivity contribution in [3.8, 4) is 0 Å². The Bertz CT molecular complexity index is 692. The third-order valence-corrected chi connectivity index (χ3v) is 3.35. The molecule has 0 spiro atoms. The molecule has 0 nitrogen and oxygen atoms in total. The normalized spacial score (nSPS) is 11.1. The summed E-state index contributed by atoms with van der Waals surface area (Å²) in [6.45, 7) is 0.971. The monoisotopic (exact) mass is 310 g/mol. The van der Waals surface area contributed by atoms with Gasteiger partial charge in [0.05, 0.1) is 5.56 Å². The van der Waals surface area contributed by atoms with Crippen molar-refractivity contribution in [1.82, 2.24) is 0 Å². The first kappa shape index (κ1) is 15.4. The van der Waals surface area contributed by atoms with Gasteiger partial charge in [-0.05, 0) is 24.6 Å². The van der Waals surface area contributed by atoms with Gasteiger partial charge in [-0.3, -0.25) is 0 Å². The van der Waals surface area contributed by atoms with Crippen LogP contribution in [-0.2, 0) is 0 Å². The highest BCUT2D eigenvalue weighted by atomic mass is 32.1. The minimum absolute atomic E-state index is 0.302. The molecule has 0 N–H and O–H groups in total. The summed E-state index contributed by atoms with van der Waals surface area (Å²) in [4.78, 5) is 0.302. The lowest BCUT2D eigenvalue weighted by molar-refractivity contribution is 0.442. The summed E-state index contributed by atoms with van der Waals surface area (Å²) in [6.07, 6.45) is 2.17. The van der Waals surface area contributed by atoms with E-state index in [0.717, 1.165) is 13.0 Å². The van der Waals surface area contributed by atoms with Crippen molar-refractivity contribution in [2.24, 2.45) is 0 Å². The molecule has 0 radical (unpaired) electrons. The van der Waals surface area contributed by atoms with Gasteiger partial charge in [-0.2, -0.15) is 0 Å². The van der Waals surface area contributed by atoms with Crippen LogP contribution < -0.4 is 0 Å². The number of hydrogen-bond donors (Lipinski definition) is 0. The van der Waals surface area contributed by atoms with Crippen molar-refractivity contribution in [3.63, 3.8) is 0 Å². The highest BCUT2D eigenvalue weighted by molar-refractivity contribution is 7.81. The van der Waals surface area contributed by atoms with E-state index in [2.05, 4.69) is 0 Å².